The van der Waals surface area contributed by atoms with Gasteiger partial charge in [-0.1, -0.05) is 53.9 Å². The minimum atomic E-state index is -0.633. The Morgan fingerprint density at radius 1 is 0.829 bits per heavy atom. The first-order valence-electron chi connectivity index (χ1n) is 15.2. The molecule has 2 amide bonds. The van der Waals surface area contributed by atoms with E-state index in [1.54, 1.807) is 0 Å². The Hall–Kier alpha value is -2.78. The van der Waals surface area contributed by atoms with Crippen LogP contribution in [0.25, 0.3) is 0 Å². The van der Waals surface area contributed by atoms with Gasteiger partial charge in [0.2, 0.25) is 11.8 Å². The second kappa shape index (κ2) is 15.4. The van der Waals surface area contributed by atoms with E-state index in [9.17, 15) is 9.59 Å². The Bertz CT molecular complexity index is 1170. The van der Waals surface area contributed by atoms with E-state index in [1.165, 1.54) is 11.1 Å². The van der Waals surface area contributed by atoms with Gasteiger partial charge in [0.25, 0.3) is 0 Å². The Balaban J connectivity index is 1.72. The van der Waals surface area contributed by atoms with Crippen molar-refractivity contribution in [2.24, 2.45) is 17.2 Å². The molecule has 0 spiro atoms. The molecule has 7 N–H and O–H groups in total. The molecule has 1 aliphatic heterocycles. The number of amides is 2. The first-order valence-corrected chi connectivity index (χ1v) is 15.2. The molecule has 1 saturated heterocycles. The average molecular weight is 565 g/mol. The molecule has 0 aliphatic carbocycles. The predicted molar refractivity (Wildman–Crippen MR) is 168 cm³/mol. The molecule has 1 heterocycles. The number of hydrogen-bond donors (Lipinski definition) is 4. The van der Waals surface area contributed by atoms with Gasteiger partial charge in [-0.2, -0.15) is 0 Å². The van der Waals surface area contributed by atoms with E-state index in [0.717, 1.165) is 54.6 Å². The van der Waals surface area contributed by atoms with Gasteiger partial charge in [-0.25, -0.2) is 0 Å². The van der Waals surface area contributed by atoms with E-state index in [0.29, 0.717) is 32.5 Å². The number of benzene rings is 2. The molecule has 8 heteroatoms. The van der Waals surface area contributed by atoms with Gasteiger partial charge in [-0.05, 0) is 89.1 Å². The first-order chi connectivity index (χ1) is 19.5. The molecule has 1 fully saturated rings. The molecule has 41 heavy (non-hydrogen) atoms. The second-order valence-electron chi connectivity index (χ2n) is 12.0. The molecule has 0 bridgehead atoms. The van der Waals surface area contributed by atoms with Gasteiger partial charge in [0, 0.05) is 38.3 Å². The van der Waals surface area contributed by atoms with Crippen LogP contribution in [0.1, 0.15) is 59.6 Å². The van der Waals surface area contributed by atoms with Crippen molar-refractivity contribution in [2.75, 3.05) is 32.7 Å². The zero-order valence-corrected chi connectivity index (χ0v) is 25.8. The summed E-state index contributed by atoms with van der Waals surface area (Å²) in [4.78, 5) is 31.3. The Kier molecular flexibility index (Phi) is 12.3. The topological polar surface area (TPSA) is 131 Å². The highest BCUT2D eigenvalue weighted by molar-refractivity contribution is 5.85. The van der Waals surface area contributed by atoms with Crippen LogP contribution in [0.5, 0.6) is 0 Å². The Labute approximate surface area is 247 Å². The van der Waals surface area contributed by atoms with Crippen molar-refractivity contribution in [1.82, 2.24) is 15.1 Å². The molecule has 4 atom stereocenters. The number of nitrogens with one attached hydrogen (secondary N) is 1. The van der Waals surface area contributed by atoms with Crippen LogP contribution < -0.4 is 22.5 Å². The van der Waals surface area contributed by atoms with Gasteiger partial charge >= 0.3 is 0 Å². The summed E-state index contributed by atoms with van der Waals surface area (Å²) < 4.78 is 0. The van der Waals surface area contributed by atoms with Crippen molar-refractivity contribution in [2.45, 2.75) is 90.9 Å². The molecule has 8 nitrogen and oxygen atoms in total. The minimum absolute atomic E-state index is 0.0465. The van der Waals surface area contributed by atoms with Crippen LogP contribution in [-0.4, -0.2) is 78.5 Å². The van der Waals surface area contributed by atoms with Crippen LogP contribution in [-0.2, 0) is 22.4 Å². The van der Waals surface area contributed by atoms with Gasteiger partial charge in [-0.3, -0.25) is 9.59 Å². The first kappa shape index (κ1) is 32.7. The molecule has 3 rings (SSSR count). The second-order valence-corrected chi connectivity index (χ2v) is 12.0. The fourth-order valence-electron chi connectivity index (χ4n) is 5.94. The van der Waals surface area contributed by atoms with Crippen LogP contribution in [0, 0.1) is 27.7 Å². The molecule has 0 aromatic heterocycles. The summed E-state index contributed by atoms with van der Waals surface area (Å²) in [6.45, 7) is 13.5. The smallest absolute Gasteiger partial charge is 0.240 e. The molecular weight excluding hydrogens is 512 g/mol. The van der Waals surface area contributed by atoms with Crippen LogP contribution >= 0.6 is 0 Å². The van der Waals surface area contributed by atoms with Crippen molar-refractivity contribution >= 4 is 11.8 Å². The molecule has 2 aromatic rings. The lowest BCUT2D eigenvalue weighted by Gasteiger charge is -2.47. The van der Waals surface area contributed by atoms with Gasteiger partial charge in [-0.15, -0.1) is 0 Å². The number of nitrogens with two attached hydrogens (primary N) is 3. The summed E-state index contributed by atoms with van der Waals surface area (Å²) >= 11 is 0. The standard InChI is InChI=1S/C33H52N6O2/c1-22-9-11-27(24(3)16-22)18-30(35)32(40)38-21-29(8-6-7-14-37-15-13-34)39(20-26(38)5)33(41)31(36)19-28-12-10-23(2)17-25(28)4/h9-12,16-17,26,29-31,37H,6-8,13-15,18-21,34-36H2,1-5H3/t26-,29?,30-,31-/m1/s1. The van der Waals surface area contributed by atoms with E-state index in [2.05, 4.69) is 69.4 Å². The van der Waals surface area contributed by atoms with Crippen LogP contribution in [0.4, 0.5) is 0 Å². The molecule has 1 aliphatic rings. The summed E-state index contributed by atoms with van der Waals surface area (Å²) in [5, 5.41) is 3.34. The van der Waals surface area contributed by atoms with E-state index < -0.39 is 12.1 Å². The van der Waals surface area contributed by atoms with E-state index >= 15 is 0 Å². The largest absolute Gasteiger partial charge is 0.335 e. The predicted octanol–water partition coefficient (Wildman–Crippen LogP) is 2.51. The Morgan fingerprint density at radius 2 is 1.37 bits per heavy atom. The average Bonchev–Trinajstić information content (AvgIpc) is 2.93. The van der Waals surface area contributed by atoms with Crippen LogP contribution in [0.15, 0.2) is 36.4 Å². The number of carbonyl (C=O) groups excluding carboxylic acids is 2. The number of piperazine rings is 1. The van der Waals surface area contributed by atoms with Gasteiger partial charge in [0.15, 0.2) is 0 Å². The summed E-state index contributed by atoms with van der Waals surface area (Å²) in [5.74, 6) is -0.103. The van der Waals surface area contributed by atoms with Crippen molar-refractivity contribution in [3.05, 3.63) is 69.8 Å². The number of nitrogens with zero attached hydrogens (tertiary/aromatic N) is 2. The maximum Gasteiger partial charge on any atom is 0.240 e. The quantitative estimate of drug-likeness (QED) is 0.277. The van der Waals surface area contributed by atoms with Crippen molar-refractivity contribution in [3.8, 4) is 0 Å². The number of carbonyl (C=O) groups is 2. The molecule has 0 saturated carbocycles. The van der Waals surface area contributed by atoms with E-state index in [1.807, 2.05) is 16.7 Å². The van der Waals surface area contributed by atoms with Gasteiger partial charge in [0.05, 0.1) is 12.1 Å². The molecule has 1 unspecified atom stereocenters. The summed E-state index contributed by atoms with van der Waals surface area (Å²) in [6, 6.07) is 11.0. The zero-order chi connectivity index (χ0) is 30.1. The van der Waals surface area contributed by atoms with Gasteiger partial charge < -0.3 is 32.3 Å². The van der Waals surface area contributed by atoms with Crippen molar-refractivity contribution in [1.29, 1.82) is 0 Å². The summed E-state index contributed by atoms with van der Waals surface area (Å²) in [5.41, 5.74) is 25.5. The number of rotatable bonds is 13. The lowest BCUT2D eigenvalue weighted by atomic mass is 9.95. The number of unbranched alkanes of at least 4 members (excludes halogenated alkanes) is 1. The monoisotopic (exact) mass is 564 g/mol. The zero-order valence-electron chi connectivity index (χ0n) is 25.8. The molecule has 226 valence electrons. The fourth-order valence-corrected chi connectivity index (χ4v) is 5.94. The lowest BCUT2D eigenvalue weighted by molar-refractivity contribution is -0.148. The maximum absolute atomic E-state index is 13.8. The van der Waals surface area contributed by atoms with E-state index in [-0.39, 0.29) is 23.9 Å². The third-order valence-electron chi connectivity index (χ3n) is 8.38. The molecular formula is C33H52N6O2. The van der Waals surface area contributed by atoms with E-state index in [4.69, 9.17) is 17.2 Å². The summed E-state index contributed by atoms with van der Waals surface area (Å²) in [6.07, 6.45) is 3.70. The Morgan fingerprint density at radius 3 is 1.88 bits per heavy atom. The molecule has 0 radical (unpaired) electrons. The lowest BCUT2D eigenvalue weighted by Crippen LogP contribution is -2.64. The van der Waals surface area contributed by atoms with Crippen molar-refractivity contribution in [3.63, 3.8) is 0 Å². The normalized spacial score (nSPS) is 18.8. The third-order valence-corrected chi connectivity index (χ3v) is 8.38. The highest BCUT2D eigenvalue weighted by Gasteiger charge is 2.39. The maximum atomic E-state index is 13.8. The van der Waals surface area contributed by atoms with Crippen molar-refractivity contribution < 1.29 is 9.59 Å². The third kappa shape index (κ3) is 9.10. The number of hydrogen-bond acceptors (Lipinski definition) is 6. The minimum Gasteiger partial charge on any atom is -0.335 e. The van der Waals surface area contributed by atoms with Gasteiger partial charge in [0.1, 0.15) is 0 Å². The fraction of sp³-hybridized carbons (Fsp3) is 0.576. The molecule has 2 aromatic carbocycles. The highest BCUT2D eigenvalue weighted by Crippen LogP contribution is 2.23. The van der Waals surface area contributed by atoms with Crippen LogP contribution in [0.2, 0.25) is 0 Å². The highest BCUT2D eigenvalue weighted by atomic mass is 16.2. The number of aryl methyl sites for hydroxylation is 4. The summed E-state index contributed by atoms with van der Waals surface area (Å²) in [7, 11) is 0. The SMILES string of the molecule is Cc1ccc(C[C@@H](N)C(=O)N2C[C@@H](C)N(C(=O)[C@H](N)Cc3ccc(C)cc3C)CC2CCCCNCCN)c(C)c1. The van der Waals surface area contributed by atoms with Crippen LogP contribution in [0.3, 0.4) is 0 Å².